The van der Waals surface area contributed by atoms with Gasteiger partial charge < -0.3 is 4.57 Å². The molecular weight excluding hydrogens is 338 g/mol. The van der Waals surface area contributed by atoms with Gasteiger partial charge in [0.15, 0.2) is 0 Å². The summed E-state index contributed by atoms with van der Waals surface area (Å²) in [4.78, 5) is 0. The van der Waals surface area contributed by atoms with E-state index in [1.54, 1.807) is 0 Å². The number of para-hydroxylation sites is 3. The summed E-state index contributed by atoms with van der Waals surface area (Å²) in [5, 5.41) is 3.28. The van der Waals surface area contributed by atoms with Crippen molar-refractivity contribution < 1.29 is 0 Å². The maximum absolute atomic E-state index is 6.10. The molecule has 0 radical (unpaired) electrons. The molecule has 124 valence electrons. The average molecular weight is 354 g/mol. The quantitative estimate of drug-likeness (QED) is 0.319. The molecule has 0 aliphatic rings. The average Bonchev–Trinajstić information content (AvgIpc) is 3.04. The highest BCUT2D eigenvalue weighted by molar-refractivity contribution is 6.30. The summed E-state index contributed by atoms with van der Waals surface area (Å²) in [6.07, 6.45) is 0. The molecular formula is C24H16ClN. The van der Waals surface area contributed by atoms with Crippen molar-refractivity contribution >= 4 is 33.4 Å². The Balaban J connectivity index is 1.96. The number of benzene rings is 4. The molecule has 0 aliphatic carbocycles. The predicted octanol–water partition coefficient (Wildman–Crippen LogP) is 7.10. The zero-order valence-electron chi connectivity index (χ0n) is 14.1. The van der Waals surface area contributed by atoms with Crippen molar-refractivity contribution in [1.29, 1.82) is 0 Å². The minimum absolute atomic E-state index is 0.754. The van der Waals surface area contributed by atoms with E-state index >= 15 is 0 Å². The first-order chi connectivity index (χ1) is 12.8. The predicted molar refractivity (Wildman–Crippen MR) is 111 cm³/mol. The smallest absolute Gasteiger partial charge is 0.0619 e. The normalized spacial score (nSPS) is 11.3. The Labute approximate surface area is 157 Å². The Bertz CT molecular complexity index is 1220. The lowest BCUT2D eigenvalue weighted by Gasteiger charge is -2.11. The SMILES string of the molecule is Clc1ccc(-c2cccc3c4ccccc4n(-c4ccccc4)c23)cc1. The molecule has 0 aliphatic heterocycles. The van der Waals surface area contributed by atoms with Crippen LogP contribution in [0.25, 0.3) is 38.6 Å². The molecule has 1 aromatic heterocycles. The number of rotatable bonds is 2. The molecule has 4 aromatic carbocycles. The molecule has 0 amide bonds. The molecule has 0 atom stereocenters. The van der Waals surface area contributed by atoms with Crippen LogP contribution in [-0.4, -0.2) is 4.57 Å². The summed E-state index contributed by atoms with van der Waals surface area (Å²) in [6.45, 7) is 0. The lowest BCUT2D eigenvalue weighted by molar-refractivity contribution is 1.18. The largest absolute Gasteiger partial charge is 0.309 e. The zero-order chi connectivity index (χ0) is 17.5. The van der Waals surface area contributed by atoms with Gasteiger partial charge in [-0.15, -0.1) is 0 Å². The molecule has 0 spiro atoms. The Morgan fingerprint density at radius 3 is 2.08 bits per heavy atom. The van der Waals surface area contributed by atoms with Gasteiger partial charge in [0, 0.05) is 27.0 Å². The highest BCUT2D eigenvalue weighted by atomic mass is 35.5. The van der Waals surface area contributed by atoms with E-state index in [0.717, 1.165) is 5.02 Å². The summed E-state index contributed by atoms with van der Waals surface area (Å²) in [6, 6.07) is 33.7. The van der Waals surface area contributed by atoms with E-state index < -0.39 is 0 Å². The van der Waals surface area contributed by atoms with E-state index in [0.29, 0.717) is 0 Å². The Morgan fingerprint density at radius 1 is 0.577 bits per heavy atom. The van der Waals surface area contributed by atoms with Crippen molar-refractivity contribution in [3.63, 3.8) is 0 Å². The summed E-state index contributed by atoms with van der Waals surface area (Å²) >= 11 is 6.10. The third kappa shape index (κ3) is 2.33. The number of hydrogen-bond donors (Lipinski definition) is 0. The van der Waals surface area contributed by atoms with Crippen molar-refractivity contribution in [2.24, 2.45) is 0 Å². The molecule has 5 aromatic rings. The second kappa shape index (κ2) is 6.05. The molecule has 0 N–H and O–H groups in total. The summed E-state index contributed by atoms with van der Waals surface area (Å²) < 4.78 is 2.36. The highest BCUT2D eigenvalue weighted by Crippen LogP contribution is 2.38. The number of aromatic nitrogens is 1. The Kier molecular flexibility index (Phi) is 3.55. The monoisotopic (exact) mass is 353 g/mol. The van der Waals surface area contributed by atoms with Gasteiger partial charge in [0.25, 0.3) is 0 Å². The van der Waals surface area contributed by atoms with Crippen molar-refractivity contribution in [3.05, 3.63) is 102 Å². The number of hydrogen-bond acceptors (Lipinski definition) is 0. The van der Waals surface area contributed by atoms with E-state index in [4.69, 9.17) is 11.6 Å². The third-order valence-corrected chi connectivity index (χ3v) is 5.12. The second-order valence-electron chi connectivity index (χ2n) is 6.40. The second-order valence-corrected chi connectivity index (χ2v) is 6.83. The standard InChI is InChI=1S/C24H16ClN/c25-18-15-13-17(14-16-18)20-10-6-11-22-21-9-4-5-12-23(21)26(24(20)22)19-7-2-1-3-8-19/h1-16H. The molecule has 1 heterocycles. The Morgan fingerprint density at radius 2 is 1.27 bits per heavy atom. The summed E-state index contributed by atoms with van der Waals surface area (Å²) in [7, 11) is 0. The van der Waals surface area contributed by atoms with Crippen LogP contribution in [0.3, 0.4) is 0 Å². The molecule has 2 heteroatoms. The van der Waals surface area contributed by atoms with Gasteiger partial charge in [-0.3, -0.25) is 0 Å². The van der Waals surface area contributed by atoms with Crippen molar-refractivity contribution in [2.45, 2.75) is 0 Å². The number of nitrogens with zero attached hydrogens (tertiary/aromatic N) is 1. The minimum Gasteiger partial charge on any atom is -0.309 e. The fourth-order valence-electron chi connectivity index (χ4n) is 3.73. The summed E-state index contributed by atoms with van der Waals surface area (Å²) in [5.74, 6) is 0. The lowest BCUT2D eigenvalue weighted by atomic mass is 10.0. The minimum atomic E-state index is 0.754. The van der Waals surface area contributed by atoms with Crippen LogP contribution in [-0.2, 0) is 0 Å². The van der Waals surface area contributed by atoms with Crippen LogP contribution in [0.15, 0.2) is 97.1 Å². The first kappa shape index (κ1) is 15.2. The first-order valence-corrected chi connectivity index (χ1v) is 9.04. The summed E-state index contributed by atoms with van der Waals surface area (Å²) in [5.41, 5.74) is 5.98. The van der Waals surface area contributed by atoms with Gasteiger partial charge in [0.05, 0.1) is 11.0 Å². The van der Waals surface area contributed by atoms with Crippen LogP contribution in [0.4, 0.5) is 0 Å². The van der Waals surface area contributed by atoms with Gasteiger partial charge in [-0.05, 0) is 35.9 Å². The van der Waals surface area contributed by atoms with Crippen LogP contribution in [0, 0.1) is 0 Å². The van der Waals surface area contributed by atoms with Gasteiger partial charge in [0.1, 0.15) is 0 Å². The number of fused-ring (bicyclic) bond motifs is 3. The molecule has 1 nitrogen and oxygen atoms in total. The fraction of sp³-hybridized carbons (Fsp3) is 0. The third-order valence-electron chi connectivity index (χ3n) is 4.86. The maximum atomic E-state index is 6.10. The van der Waals surface area contributed by atoms with Gasteiger partial charge in [-0.25, -0.2) is 0 Å². The Hall–Kier alpha value is -3.03. The molecule has 5 rings (SSSR count). The lowest BCUT2D eigenvalue weighted by Crippen LogP contribution is -1.94. The van der Waals surface area contributed by atoms with Crippen LogP contribution >= 0.6 is 11.6 Å². The molecule has 26 heavy (non-hydrogen) atoms. The van der Waals surface area contributed by atoms with Crippen molar-refractivity contribution in [1.82, 2.24) is 4.57 Å². The van der Waals surface area contributed by atoms with Crippen molar-refractivity contribution in [3.8, 4) is 16.8 Å². The fourth-order valence-corrected chi connectivity index (χ4v) is 3.85. The van der Waals surface area contributed by atoms with Gasteiger partial charge in [-0.2, -0.15) is 0 Å². The van der Waals surface area contributed by atoms with Crippen LogP contribution < -0.4 is 0 Å². The first-order valence-electron chi connectivity index (χ1n) is 8.66. The number of halogens is 1. The highest BCUT2D eigenvalue weighted by Gasteiger charge is 2.15. The zero-order valence-corrected chi connectivity index (χ0v) is 14.8. The molecule has 0 bridgehead atoms. The maximum Gasteiger partial charge on any atom is 0.0619 e. The topological polar surface area (TPSA) is 4.93 Å². The van der Waals surface area contributed by atoms with Gasteiger partial charge in [-0.1, -0.05) is 78.3 Å². The molecule has 0 fully saturated rings. The van der Waals surface area contributed by atoms with Gasteiger partial charge >= 0.3 is 0 Å². The molecule has 0 saturated carbocycles. The van der Waals surface area contributed by atoms with E-state index in [-0.39, 0.29) is 0 Å². The molecule has 0 unspecified atom stereocenters. The van der Waals surface area contributed by atoms with E-state index in [1.165, 1.54) is 38.6 Å². The van der Waals surface area contributed by atoms with Crippen molar-refractivity contribution in [2.75, 3.05) is 0 Å². The van der Waals surface area contributed by atoms with Gasteiger partial charge in [0.2, 0.25) is 0 Å². The van der Waals surface area contributed by atoms with Crippen LogP contribution in [0.1, 0.15) is 0 Å². The van der Waals surface area contributed by atoms with E-state index in [9.17, 15) is 0 Å². The van der Waals surface area contributed by atoms with E-state index in [1.807, 2.05) is 12.1 Å². The van der Waals surface area contributed by atoms with E-state index in [2.05, 4.69) is 89.5 Å². The van der Waals surface area contributed by atoms with Crippen LogP contribution in [0.5, 0.6) is 0 Å². The molecule has 0 saturated heterocycles. The van der Waals surface area contributed by atoms with Crippen LogP contribution in [0.2, 0.25) is 5.02 Å².